The molecule has 102 valence electrons. The lowest BCUT2D eigenvalue weighted by Crippen LogP contribution is -2.75. The van der Waals surface area contributed by atoms with Gasteiger partial charge in [-0.3, -0.25) is 9.69 Å². The molecule has 5 heteroatoms. The van der Waals surface area contributed by atoms with Crippen LogP contribution in [0, 0.1) is 5.41 Å². The van der Waals surface area contributed by atoms with Crippen molar-refractivity contribution in [2.45, 2.75) is 58.1 Å². The minimum absolute atomic E-state index is 0.0512. The van der Waals surface area contributed by atoms with Crippen LogP contribution in [-0.2, 0) is 9.53 Å². The molecule has 0 aromatic carbocycles. The van der Waals surface area contributed by atoms with Gasteiger partial charge >= 0.3 is 12.1 Å². The second-order valence-corrected chi connectivity index (χ2v) is 6.67. The van der Waals surface area contributed by atoms with Crippen molar-refractivity contribution in [2.75, 3.05) is 6.54 Å². The summed E-state index contributed by atoms with van der Waals surface area (Å²) >= 11 is 0. The first kappa shape index (κ1) is 11.8. The Kier molecular flexibility index (Phi) is 2.37. The van der Waals surface area contributed by atoms with Crippen LogP contribution in [0.5, 0.6) is 0 Å². The van der Waals surface area contributed by atoms with Gasteiger partial charge in [0.1, 0.15) is 12.1 Å². The molecule has 3 rings (SSSR count). The highest BCUT2D eigenvalue weighted by molar-refractivity contribution is 5.78. The molecule has 0 heterocycles. The Bertz CT molecular complexity index is 401. The van der Waals surface area contributed by atoms with E-state index in [9.17, 15) is 9.59 Å². The van der Waals surface area contributed by atoms with Gasteiger partial charge in [0.25, 0.3) is 0 Å². The topological polar surface area (TPSA) is 66.8 Å². The van der Waals surface area contributed by atoms with Crippen molar-refractivity contribution in [3.8, 4) is 0 Å². The Morgan fingerprint density at radius 2 is 2.00 bits per heavy atom. The van der Waals surface area contributed by atoms with Crippen molar-refractivity contribution in [1.82, 2.24) is 4.90 Å². The van der Waals surface area contributed by atoms with E-state index in [4.69, 9.17) is 11.2 Å². The number of rotatable bonds is 3. The van der Waals surface area contributed by atoms with Gasteiger partial charge in [0.15, 0.2) is 0 Å². The molecule has 2 bridgehead atoms. The minimum Gasteiger partial charge on any atom is -0.480 e. The Balaban J connectivity index is 2.06. The fourth-order valence-corrected chi connectivity index (χ4v) is 3.37. The number of hydrogen-bond acceptors (Lipinski definition) is 3. The van der Waals surface area contributed by atoms with E-state index < -0.39 is 17.7 Å². The van der Waals surface area contributed by atoms with Crippen LogP contribution in [0.15, 0.2) is 0 Å². The molecule has 0 aliphatic heterocycles. The van der Waals surface area contributed by atoms with Crippen molar-refractivity contribution in [3.63, 3.8) is 0 Å². The minimum atomic E-state index is -1.03. The highest BCUT2D eigenvalue weighted by atomic mass is 16.6. The summed E-state index contributed by atoms with van der Waals surface area (Å²) in [5.41, 5.74) is -0.925. The third-order valence-corrected chi connectivity index (χ3v) is 3.72. The molecule has 1 N–H and O–H groups in total. The molecule has 0 unspecified atom stereocenters. The third kappa shape index (κ3) is 2.18. The molecular weight excluding hydrogens is 234 g/mol. The van der Waals surface area contributed by atoms with Gasteiger partial charge in [0.2, 0.25) is 0 Å². The molecule has 0 radical (unpaired) electrons. The Morgan fingerprint density at radius 3 is 2.39 bits per heavy atom. The summed E-state index contributed by atoms with van der Waals surface area (Å²) in [5, 5.41) is 8.97. The van der Waals surface area contributed by atoms with Crippen LogP contribution in [0.2, 0.25) is 0 Å². The SMILES string of the molecule is [2H]CC(C)(C)OC(=O)N(CC(=O)O)C12CC(C)(C1)C2. The lowest BCUT2D eigenvalue weighted by atomic mass is 9.39. The fourth-order valence-electron chi connectivity index (χ4n) is 3.37. The first-order valence-electron chi connectivity index (χ1n) is 6.84. The van der Waals surface area contributed by atoms with Gasteiger partial charge in [-0.15, -0.1) is 0 Å². The number of nitrogens with zero attached hydrogens (tertiary/aromatic N) is 1. The number of carboxylic acid groups (broad SMARTS) is 1. The molecule has 0 atom stereocenters. The summed E-state index contributed by atoms with van der Waals surface area (Å²) in [4.78, 5) is 24.5. The number of hydrogen-bond donors (Lipinski definition) is 1. The van der Waals surface area contributed by atoms with E-state index in [1.807, 2.05) is 0 Å². The van der Waals surface area contributed by atoms with Crippen molar-refractivity contribution < 1.29 is 20.8 Å². The zero-order valence-electron chi connectivity index (χ0n) is 12.2. The molecule has 3 aliphatic rings. The highest BCUT2D eigenvalue weighted by Gasteiger charge is 2.69. The molecule has 5 nitrogen and oxygen atoms in total. The maximum Gasteiger partial charge on any atom is 0.411 e. The summed E-state index contributed by atoms with van der Waals surface area (Å²) in [6.45, 7) is 5.07. The predicted molar refractivity (Wildman–Crippen MR) is 65.3 cm³/mol. The van der Waals surface area contributed by atoms with Crippen molar-refractivity contribution in [3.05, 3.63) is 0 Å². The predicted octanol–water partition coefficient (Wildman–Crippen LogP) is 2.25. The van der Waals surface area contributed by atoms with Crippen molar-refractivity contribution >= 4 is 12.1 Å². The molecule has 0 aromatic rings. The Morgan fingerprint density at radius 1 is 1.44 bits per heavy atom. The summed E-state index contributed by atoms with van der Waals surface area (Å²) in [6.07, 6.45) is 1.94. The maximum absolute atomic E-state index is 12.2. The van der Waals surface area contributed by atoms with Crippen LogP contribution in [0.4, 0.5) is 4.79 Å². The summed E-state index contributed by atoms with van der Waals surface area (Å²) in [5.74, 6) is -1.03. The fraction of sp³-hybridized carbons (Fsp3) is 0.846. The average Bonchev–Trinajstić information content (AvgIpc) is 2.19. The monoisotopic (exact) mass is 256 g/mol. The van der Waals surface area contributed by atoms with Crippen LogP contribution in [-0.4, -0.2) is 39.8 Å². The number of carbonyl (C=O) groups excluding carboxylic acids is 1. The first-order chi connectivity index (χ1) is 8.61. The summed E-state index contributed by atoms with van der Waals surface area (Å²) < 4.78 is 12.6. The van der Waals surface area contributed by atoms with Gasteiger partial charge in [-0.25, -0.2) is 4.79 Å². The molecule has 0 aromatic heterocycles. The standard InChI is InChI=1S/C13H21NO4/c1-11(2,3)18-10(17)14(5-9(15)16)13-6-12(4,7-13)8-13/h5-8H2,1-4H3,(H,15,16)/i1D. The summed E-state index contributed by atoms with van der Waals surface area (Å²) in [7, 11) is 0. The average molecular weight is 256 g/mol. The smallest absolute Gasteiger partial charge is 0.411 e. The van der Waals surface area contributed by atoms with Gasteiger partial charge in [-0.05, 0) is 45.4 Å². The van der Waals surface area contributed by atoms with E-state index in [0.29, 0.717) is 0 Å². The molecule has 1 amide bonds. The van der Waals surface area contributed by atoms with Gasteiger partial charge in [-0.2, -0.15) is 0 Å². The Labute approximate surface area is 109 Å². The zero-order valence-corrected chi connectivity index (χ0v) is 11.2. The van der Waals surface area contributed by atoms with Crippen molar-refractivity contribution in [2.24, 2.45) is 5.41 Å². The second-order valence-electron chi connectivity index (χ2n) is 6.67. The Hall–Kier alpha value is -1.26. The lowest BCUT2D eigenvalue weighted by molar-refractivity contribution is -0.203. The van der Waals surface area contributed by atoms with Crippen molar-refractivity contribution in [1.29, 1.82) is 0 Å². The number of amides is 1. The zero-order chi connectivity index (χ0) is 14.5. The number of aliphatic carboxylic acids is 1. The van der Waals surface area contributed by atoms with Gasteiger partial charge in [-0.1, -0.05) is 6.92 Å². The second kappa shape index (κ2) is 3.62. The van der Waals surface area contributed by atoms with Gasteiger partial charge < -0.3 is 9.84 Å². The highest BCUT2D eigenvalue weighted by Crippen LogP contribution is 2.69. The van der Waals surface area contributed by atoms with E-state index in [1.54, 1.807) is 13.8 Å². The molecular formula is C13H21NO4. The molecule has 0 spiro atoms. The maximum atomic E-state index is 12.2. The van der Waals surface area contributed by atoms with Crippen LogP contribution >= 0.6 is 0 Å². The summed E-state index contributed by atoms with van der Waals surface area (Å²) in [6, 6.07) is 0. The van der Waals surface area contributed by atoms with E-state index in [-0.39, 0.29) is 24.4 Å². The van der Waals surface area contributed by atoms with Crippen LogP contribution in [0.25, 0.3) is 0 Å². The quantitative estimate of drug-likeness (QED) is 0.841. The third-order valence-electron chi connectivity index (χ3n) is 3.72. The first-order valence-corrected chi connectivity index (χ1v) is 6.13. The van der Waals surface area contributed by atoms with E-state index >= 15 is 0 Å². The van der Waals surface area contributed by atoms with Gasteiger partial charge in [0, 0.05) is 6.91 Å². The molecule has 3 saturated carbocycles. The van der Waals surface area contributed by atoms with Crippen LogP contribution in [0.1, 0.15) is 48.3 Å². The van der Waals surface area contributed by atoms with E-state index in [1.165, 1.54) is 4.90 Å². The molecule has 3 aliphatic carbocycles. The number of ether oxygens (including phenoxy) is 1. The molecule has 3 fully saturated rings. The van der Waals surface area contributed by atoms with Crippen LogP contribution in [0.3, 0.4) is 0 Å². The number of carbonyl (C=O) groups is 2. The van der Waals surface area contributed by atoms with Gasteiger partial charge in [0.05, 0.1) is 0 Å². The largest absolute Gasteiger partial charge is 0.480 e. The van der Waals surface area contributed by atoms with E-state index in [2.05, 4.69) is 6.92 Å². The normalized spacial score (nSPS) is 33.8. The number of carboxylic acids is 1. The molecule has 18 heavy (non-hydrogen) atoms. The lowest BCUT2D eigenvalue weighted by Gasteiger charge is -2.72. The van der Waals surface area contributed by atoms with E-state index in [0.717, 1.165) is 19.3 Å². The van der Waals surface area contributed by atoms with Crippen LogP contribution < -0.4 is 0 Å². The molecule has 0 saturated heterocycles.